The van der Waals surface area contributed by atoms with Crippen LogP contribution in [0.5, 0.6) is 0 Å². The molecule has 0 bridgehead atoms. The number of halogens is 3. The van der Waals surface area contributed by atoms with Crippen molar-refractivity contribution in [1.29, 1.82) is 0 Å². The lowest BCUT2D eigenvalue weighted by Gasteiger charge is -2.47. The Morgan fingerprint density at radius 2 is 1.54 bits per heavy atom. The fraction of sp³-hybridized carbons (Fsp3) is 0.519. The maximum Gasteiger partial charge on any atom is 0.471 e. The molecule has 8 nitrogen and oxygen atoms in total. The van der Waals surface area contributed by atoms with Crippen LogP contribution in [0.15, 0.2) is 60.7 Å². The van der Waals surface area contributed by atoms with Crippen LogP contribution in [0.1, 0.15) is 34.6 Å². The normalized spacial score (nSPS) is 29.4. The maximum atomic E-state index is 13.4. The van der Waals surface area contributed by atoms with Crippen LogP contribution in [0.4, 0.5) is 13.2 Å². The second-order valence-electron chi connectivity index (χ2n) is 11.3. The molecule has 2 heterocycles. The molecule has 0 aromatic heterocycles. The van der Waals surface area contributed by atoms with Gasteiger partial charge in [-0.2, -0.15) is 13.2 Å². The van der Waals surface area contributed by atoms with Gasteiger partial charge in [0, 0.05) is 0 Å². The molecule has 2 aromatic rings. The third kappa shape index (κ3) is 5.51. The third-order valence-corrected chi connectivity index (χ3v) is 12.1. The van der Waals surface area contributed by atoms with Crippen LogP contribution in [0.2, 0.25) is 5.04 Å². The van der Waals surface area contributed by atoms with Gasteiger partial charge < -0.3 is 34.2 Å². The Balaban J connectivity index is 1.91. The Morgan fingerprint density at radius 3 is 1.95 bits per heavy atom. The fourth-order valence-electron chi connectivity index (χ4n) is 5.30. The van der Waals surface area contributed by atoms with Gasteiger partial charge in [0.15, 0.2) is 5.79 Å². The zero-order valence-corrected chi connectivity index (χ0v) is 23.4. The number of rotatable bonds is 6. The highest BCUT2D eigenvalue weighted by Gasteiger charge is 2.66. The first-order valence-electron chi connectivity index (χ1n) is 12.6. The molecule has 2 aliphatic rings. The van der Waals surface area contributed by atoms with Gasteiger partial charge in [-0.15, -0.1) is 0 Å². The van der Waals surface area contributed by atoms with E-state index in [2.05, 4.69) is 0 Å². The Kier molecular flexibility index (Phi) is 7.80. The molecule has 214 valence electrons. The first kappa shape index (κ1) is 29.7. The van der Waals surface area contributed by atoms with Crippen molar-refractivity contribution in [3.05, 3.63) is 60.7 Å². The maximum absolute atomic E-state index is 13.4. The Morgan fingerprint density at radius 1 is 1.03 bits per heavy atom. The number of hydrogen-bond donors (Lipinski definition) is 3. The van der Waals surface area contributed by atoms with E-state index in [-0.39, 0.29) is 6.61 Å². The molecule has 39 heavy (non-hydrogen) atoms. The van der Waals surface area contributed by atoms with Gasteiger partial charge >= 0.3 is 12.1 Å². The van der Waals surface area contributed by atoms with E-state index >= 15 is 0 Å². The van der Waals surface area contributed by atoms with Crippen molar-refractivity contribution < 1.29 is 46.8 Å². The molecule has 1 unspecified atom stereocenters. The summed E-state index contributed by atoms with van der Waals surface area (Å²) in [6.07, 6.45) is -11.5. The summed E-state index contributed by atoms with van der Waals surface area (Å²) in [5.41, 5.74) is -2.97. The molecule has 1 amide bonds. The average Bonchev–Trinajstić information content (AvgIpc) is 3.33. The lowest BCUT2D eigenvalue weighted by molar-refractivity contribution is -0.212. The highest BCUT2D eigenvalue weighted by molar-refractivity contribution is 6.99. The number of aliphatic hydroxyl groups excluding tert-OH is 1. The van der Waals surface area contributed by atoms with Crippen LogP contribution in [0, 0.1) is 0 Å². The molecule has 0 saturated carbocycles. The molecule has 3 N–H and O–H groups in total. The van der Waals surface area contributed by atoms with Crippen LogP contribution >= 0.6 is 0 Å². The topological polar surface area (TPSA) is 106 Å². The second kappa shape index (κ2) is 10.3. The van der Waals surface area contributed by atoms with Crippen LogP contribution in [-0.4, -0.2) is 73.3 Å². The van der Waals surface area contributed by atoms with Gasteiger partial charge in [-0.05, 0) is 29.3 Å². The minimum Gasteiger partial charge on any atom is -0.397 e. The Hall–Kier alpha value is -2.32. The molecule has 0 aliphatic carbocycles. The monoisotopic (exact) mass is 569 g/mol. The molecule has 0 radical (unpaired) electrons. The molecule has 2 aliphatic heterocycles. The molecular formula is C27H34F3NO7Si. The molecule has 2 aromatic carbocycles. The van der Waals surface area contributed by atoms with Crippen LogP contribution < -0.4 is 15.7 Å². The van der Waals surface area contributed by atoms with E-state index in [1.807, 2.05) is 81.4 Å². The Labute approximate surface area is 226 Å². The molecule has 4 rings (SSSR count). The van der Waals surface area contributed by atoms with Gasteiger partial charge in [-0.1, -0.05) is 81.4 Å². The summed E-state index contributed by atoms with van der Waals surface area (Å²) in [6.45, 7) is 9.06. The van der Waals surface area contributed by atoms with Crippen molar-refractivity contribution in [2.75, 3.05) is 6.61 Å². The van der Waals surface area contributed by atoms with Gasteiger partial charge in [-0.25, -0.2) is 0 Å². The molecule has 2 fully saturated rings. The summed E-state index contributed by atoms with van der Waals surface area (Å²) in [5, 5.41) is 24.9. The lowest BCUT2D eigenvalue weighted by Crippen LogP contribution is -2.73. The van der Waals surface area contributed by atoms with Crippen LogP contribution in [0.25, 0.3) is 0 Å². The first-order chi connectivity index (χ1) is 18.0. The number of aliphatic hydroxyl groups is 2. The van der Waals surface area contributed by atoms with Gasteiger partial charge in [-0.3, -0.25) is 4.79 Å². The van der Waals surface area contributed by atoms with Gasteiger partial charge in [0.2, 0.25) is 12.0 Å². The molecule has 5 atom stereocenters. The van der Waals surface area contributed by atoms with E-state index in [0.29, 0.717) is 0 Å². The summed E-state index contributed by atoms with van der Waals surface area (Å²) in [7, 11) is -3.54. The average molecular weight is 570 g/mol. The summed E-state index contributed by atoms with van der Waals surface area (Å²) >= 11 is 0. The predicted octanol–water partition coefficient (Wildman–Crippen LogP) is 2.17. The van der Waals surface area contributed by atoms with E-state index < -0.39 is 61.6 Å². The third-order valence-electron chi connectivity index (χ3n) is 7.08. The highest BCUT2D eigenvalue weighted by Crippen LogP contribution is 2.44. The SMILES string of the molecule is CC1(C)OC[C@H]([C@H]2OC(O)[C@@](O)(NC(=O)C(F)(F)F)[C@H]2O[Si](c2ccccc2)(c2ccccc2)C(C)(C)C)O1. The number of ether oxygens (including phenoxy) is 3. The standard InChI is InChI=1S/C27H34F3NO7Si/c1-24(2,3)39(17-12-8-6-9-13-17,18-14-10-7-11-15-18)38-21-20(19-16-35-25(4,5)37-19)36-23(33)26(21,34)31-22(32)27(28,29)30/h6-15,19-21,23,33-34H,16H2,1-5H3,(H,31,32)/t19-,20-,21+,23?,26-/m1/s1. The van der Waals surface area contributed by atoms with Crippen molar-refractivity contribution in [1.82, 2.24) is 5.32 Å². The van der Waals surface area contributed by atoms with Gasteiger partial charge in [0.1, 0.15) is 18.3 Å². The molecule has 2 saturated heterocycles. The zero-order valence-electron chi connectivity index (χ0n) is 22.4. The number of alkyl halides is 3. The lowest BCUT2D eigenvalue weighted by atomic mass is 10.0. The van der Waals surface area contributed by atoms with Crippen molar-refractivity contribution >= 4 is 24.6 Å². The minimum absolute atomic E-state index is 0.0473. The summed E-state index contributed by atoms with van der Waals surface area (Å²) < 4.78 is 64.2. The largest absolute Gasteiger partial charge is 0.471 e. The summed E-state index contributed by atoms with van der Waals surface area (Å²) in [5.74, 6) is -3.51. The van der Waals surface area contributed by atoms with Crippen LogP contribution in [-0.2, 0) is 23.4 Å². The van der Waals surface area contributed by atoms with E-state index in [1.165, 1.54) is 0 Å². The first-order valence-corrected chi connectivity index (χ1v) is 14.5. The molecular weight excluding hydrogens is 535 g/mol. The predicted molar refractivity (Wildman–Crippen MR) is 137 cm³/mol. The van der Waals surface area contributed by atoms with Crippen molar-refractivity contribution in [3.63, 3.8) is 0 Å². The number of hydrogen-bond acceptors (Lipinski definition) is 7. The van der Waals surface area contributed by atoms with Crippen molar-refractivity contribution in [2.45, 2.75) is 81.9 Å². The minimum atomic E-state index is -5.34. The van der Waals surface area contributed by atoms with E-state index in [9.17, 15) is 28.2 Å². The van der Waals surface area contributed by atoms with Crippen LogP contribution in [0.3, 0.4) is 0 Å². The van der Waals surface area contributed by atoms with Gasteiger partial charge in [0.25, 0.3) is 8.32 Å². The van der Waals surface area contributed by atoms with E-state index in [0.717, 1.165) is 10.4 Å². The summed E-state index contributed by atoms with van der Waals surface area (Å²) in [4.78, 5) is 12.1. The number of benzene rings is 2. The second-order valence-corrected chi connectivity index (χ2v) is 15.6. The summed E-state index contributed by atoms with van der Waals surface area (Å²) in [6, 6.07) is 18.4. The number of carbonyl (C=O) groups is 1. The van der Waals surface area contributed by atoms with E-state index in [1.54, 1.807) is 19.2 Å². The smallest absolute Gasteiger partial charge is 0.397 e. The van der Waals surface area contributed by atoms with Crippen molar-refractivity contribution in [2.24, 2.45) is 0 Å². The number of nitrogens with one attached hydrogen (secondary N) is 1. The number of amides is 1. The van der Waals surface area contributed by atoms with Crippen molar-refractivity contribution in [3.8, 4) is 0 Å². The molecule has 12 heteroatoms. The zero-order chi connectivity index (χ0) is 28.9. The number of carbonyl (C=O) groups excluding carboxylic acids is 1. The highest BCUT2D eigenvalue weighted by atomic mass is 28.4. The fourth-order valence-corrected chi connectivity index (χ4v) is 10.0. The van der Waals surface area contributed by atoms with Gasteiger partial charge in [0.05, 0.1) is 6.61 Å². The molecule has 0 spiro atoms. The van der Waals surface area contributed by atoms with E-state index in [4.69, 9.17) is 18.6 Å². The quantitative estimate of drug-likeness (QED) is 0.362. The Bertz CT molecular complexity index is 1120.